The van der Waals surface area contributed by atoms with Crippen molar-refractivity contribution in [2.75, 3.05) is 18.0 Å². The highest BCUT2D eigenvalue weighted by molar-refractivity contribution is 5.44. The summed E-state index contributed by atoms with van der Waals surface area (Å²) in [7, 11) is 0. The molecule has 0 radical (unpaired) electrons. The molecule has 3 heteroatoms. The maximum Gasteiger partial charge on any atom is 0.128 e. The van der Waals surface area contributed by atoms with Crippen molar-refractivity contribution in [3.8, 4) is 0 Å². The zero-order valence-electron chi connectivity index (χ0n) is 14.3. The van der Waals surface area contributed by atoms with E-state index < -0.39 is 0 Å². The molecule has 3 nitrogen and oxygen atoms in total. The predicted octanol–water partition coefficient (Wildman–Crippen LogP) is 3.59. The zero-order chi connectivity index (χ0) is 16.2. The molecule has 24 heavy (non-hydrogen) atoms. The summed E-state index contributed by atoms with van der Waals surface area (Å²) in [5.74, 6) is 1.13. The zero-order valence-corrected chi connectivity index (χ0v) is 14.3. The van der Waals surface area contributed by atoms with Gasteiger partial charge in [0.15, 0.2) is 0 Å². The number of hydrogen-bond donors (Lipinski definition) is 1. The van der Waals surface area contributed by atoms with Crippen molar-refractivity contribution < 1.29 is 0 Å². The third-order valence-corrected chi connectivity index (χ3v) is 5.54. The van der Waals surface area contributed by atoms with Gasteiger partial charge in [0.2, 0.25) is 0 Å². The van der Waals surface area contributed by atoms with E-state index in [2.05, 4.69) is 51.6 Å². The molecule has 1 aromatic heterocycles. The van der Waals surface area contributed by atoms with Crippen molar-refractivity contribution in [1.29, 1.82) is 0 Å². The van der Waals surface area contributed by atoms with Gasteiger partial charge in [-0.15, -0.1) is 0 Å². The quantitative estimate of drug-likeness (QED) is 0.912. The molecule has 1 aliphatic carbocycles. The number of piperidine rings is 1. The van der Waals surface area contributed by atoms with Gasteiger partial charge in [-0.1, -0.05) is 36.8 Å². The fourth-order valence-corrected chi connectivity index (χ4v) is 4.23. The van der Waals surface area contributed by atoms with Crippen LogP contribution in [0.2, 0.25) is 0 Å². The second-order valence-corrected chi connectivity index (χ2v) is 7.15. The van der Waals surface area contributed by atoms with Crippen LogP contribution >= 0.6 is 0 Å². The number of benzene rings is 1. The van der Waals surface area contributed by atoms with Gasteiger partial charge in [0.1, 0.15) is 5.82 Å². The third kappa shape index (κ3) is 3.46. The highest BCUT2D eigenvalue weighted by Crippen LogP contribution is 2.28. The van der Waals surface area contributed by atoms with Gasteiger partial charge in [0, 0.05) is 24.8 Å². The summed E-state index contributed by atoms with van der Waals surface area (Å²) in [6, 6.07) is 16.4. The molecule has 1 aliphatic heterocycles. The molecule has 1 unspecified atom stereocenters. The molecule has 0 saturated carbocycles. The van der Waals surface area contributed by atoms with Gasteiger partial charge in [-0.2, -0.15) is 0 Å². The molecule has 1 saturated heterocycles. The number of fused-ring (bicyclic) bond motifs is 1. The van der Waals surface area contributed by atoms with Gasteiger partial charge in [-0.3, -0.25) is 0 Å². The first kappa shape index (κ1) is 15.6. The van der Waals surface area contributed by atoms with Crippen LogP contribution in [0.15, 0.2) is 48.7 Å². The molecule has 0 amide bonds. The molecule has 1 fully saturated rings. The number of nitrogens with one attached hydrogen (secondary N) is 1. The first-order valence-corrected chi connectivity index (χ1v) is 9.38. The highest BCUT2D eigenvalue weighted by Gasteiger charge is 2.28. The Morgan fingerprint density at radius 2 is 1.79 bits per heavy atom. The molecule has 0 bridgehead atoms. The Balaban J connectivity index is 1.49. The number of rotatable bonds is 5. The Morgan fingerprint density at radius 3 is 2.46 bits per heavy atom. The Morgan fingerprint density at radius 1 is 1.00 bits per heavy atom. The molecular weight excluding hydrogens is 294 g/mol. The first-order chi connectivity index (χ1) is 11.9. The Bertz CT molecular complexity index is 624. The van der Waals surface area contributed by atoms with E-state index in [4.69, 9.17) is 0 Å². The van der Waals surface area contributed by atoms with Gasteiger partial charge >= 0.3 is 0 Å². The highest BCUT2D eigenvalue weighted by atomic mass is 15.2. The monoisotopic (exact) mass is 321 g/mol. The minimum Gasteiger partial charge on any atom is -0.353 e. The van der Waals surface area contributed by atoms with Crippen molar-refractivity contribution in [1.82, 2.24) is 10.3 Å². The van der Waals surface area contributed by atoms with E-state index in [1.807, 2.05) is 12.3 Å². The number of hydrogen-bond acceptors (Lipinski definition) is 3. The molecule has 2 aromatic rings. The van der Waals surface area contributed by atoms with Crippen molar-refractivity contribution in [3.05, 3.63) is 59.8 Å². The van der Waals surface area contributed by atoms with Crippen LogP contribution in [0, 0.1) is 0 Å². The van der Waals surface area contributed by atoms with Crippen LogP contribution in [-0.2, 0) is 12.8 Å². The Kier molecular flexibility index (Phi) is 4.79. The van der Waals surface area contributed by atoms with E-state index in [-0.39, 0.29) is 0 Å². The summed E-state index contributed by atoms with van der Waals surface area (Å²) >= 11 is 0. The molecule has 1 atom stereocenters. The smallest absolute Gasteiger partial charge is 0.128 e. The summed E-state index contributed by atoms with van der Waals surface area (Å²) in [6.45, 7) is 2.27. The lowest BCUT2D eigenvalue weighted by atomic mass is 10.0. The van der Waals surface area contributed by atoms with Crippen LogP contribution in [0.5, 0.6) is 0 Å². The van der Waals surface area contributed by atoms with E-state index in [0.717, 1.165) is 25.2 Å². The van der Waals surface area contributed by atoms with Crippen LogP contribution in [-0.4, -0.2) is 30.2 Å². The molecule has 2 aliphatic rings. The summed E-state index contributed by atoms with van der Waals surface area (Å²) < 4.78 is 0. The summed E-state index contributed by atoms with van der Waals surface area (Å²) in [4.78, 5) is 7.21. The largest absolute Gasteiger partial charge is 0.353 e. The fraction of sp³-hybridized carbons (Fsp3) is 0.476. The topological polar surface area (TPSA) is 28.2 Å². The lowest BCUT2D eigenvalue weighted by molar-refractivity contribution is 0.379. The first-order valence-electron chi connectivity index (χ1n) is 9.38. The molecule has 126 valence electrons. The van der Waals surface area contributed by atoms with Crippen molar-refractivity contribution in [2.45, 2.75) is 50.6 Å². The predicted molar refractivity (Wildman–Crippen MR) is 99.5 cm³/mol. The molecule has 2 heterocycles. The Labute approximate surface area is 145 Å². The van der Waals surface area contributed by atoms with Crippen molar-refractivity contribution in [2.24, 2.45) is 0 Å². The lowest BCUT2D eigenvalue weighted by Crippen LogP contribution is -2.42. The summed E-state index contributed by atoms with van der Waals surface area (Å²) in [5.41, 5.74) is 3.03. The minimum atomic E-state index is 0.542. The van der Waals surface area contributed by atoms with Crippen molar-refractivity contribution >= 4 is 5.82 Å². The standard InChI is InChI=1S/C21H27N3/c1-2-8-18-16-20(15-17(18)7-1)24(21-10-4-6-13-23-21)14-11-19-9-3-5-12-22-19/h1-2,4,6-8,10,13,19-20,22H,3,5,9,11-12,14-16H2. The number of aromatic nitrogens is 1. The number of nitrogens with zero attached hydrogens (tertiary/aromatic N) is 2. The van der Waals surface area contributed by atoms with Crippen LogP contribution in [0.3, 0.4) is 0 Å². The van der Waals surface area contributed by atoms with E-state index in [1.165, 1.54) is 43.4 Å². The lowest BCUT2D eigenvalue weighted by Gasteiger charge is -2.33. The van der Waals surface area contributed by atoms with Gasteiger partial charge < -0.3 is 10.2 Å². The average molecular weight is 321 g/mol. The van der Waals surface area contributed by atoms with Gasteiger partial charge in [0.25, 0.3) is 0 Å². The van der Waals surface area contributed by atoms with E-state index in [9.17, 15) is 0 Å². The maximum atomic E-state index is 4.66. The van der Waals surface area contributed by atoms with Crippen LogP contribution < -0.4 is 10.2 Å². The summed E-state index contributed by atoms with van der Waals surface area (Å²) in [5, 5.41) is 3.69. The van der Waals surface area contributed by atoms with Gasteiger partial charge in [-0.05, 0) is 61.9 Å². The van der Waals surface area contributed by atoms with E-state index >= 15 is 0 Å². The molecule has 4 rings (SSSR count). The molecule has 1 aromatic carbocycles. The van der Waals surface area contributed by atoms with Crippen LogP contribution in [0.1, 0.15) is 36.8 Å². The summed E-state index contributed by atoms with van der Waals surface area (Å²) in [6.07, 6.45) is 9.44. The van der Waals surface area contributed by atoms with E-state index in [1.54, 1.807) is 0 Å². The molecule has 0 spiro atoms. The van der Waals surface area contributed by atoms with Crippen LogP contribution in [0.25, 0.3) is 0 Å². The van der Waals surface area contributed by atoms with E-state index in [0.29, 0.717) is 12.1 Å². The third-order valence-electron chi connectivity index (χ3n) is 5.54. The SMILES string of the molecule is c1ccc(N(CCC2CCCCN2)C2Cc3ccccc3C2)nc1. The Hall–Kier alpha value is -1.87. The fourth-order valence-electron chi connectivity index (χ4n) is 4.23. The number of pyridine rings is 1. The van der Waals surface area contributed by atoms with Gasteiger partial charge in [-0.25, -0.2) is 4.98 Å². The normalized spacial score (nSPS) is 20.8. The molecular formula is C21H27N3. The number of anilines is 1. The maximum absolute atomic E-state index is 4.66. The van der Waals surface area contributed by atoms with Gasteiger partial charge in [0.05, 0.1) is 0 Å². The van der Waals surface area contributed by atoms with Crippen molar-refractivity contribution in [3.63, 3.8) is 0 Å². The molecule has 1 N–H and O–H groups in total. The van der Waals surface area contributed by atoms with Crippen LogP contribution in [0.4, 0.5) is 5.82 Å². The average Bonchev–Trinajstić information content (AvgIpc) is 3.07. The minimum absolute atomic E-state index is 0.542. The second-order valence-electron chi connectivity index (χ2n) is 7.15. The second kappa shape index (κ2) is 7.35.